The quantitative estimate of drug-likeness (QED) is 0.648. The maximum atomic E-state index is 13.0. The number of aromatic nitrogens is 2. The molecule has 1 aromatic carbocycles. The lowest BCUT2D eigenvalue weighted by Gasteiger charge is -2.45. The van der Waals surface area contributed by atoms with Gasteiger partial charge in [0.15, 0.2) is 5.82 Å². The molecule has 3 fully saturated rings. The average Bonchev–Trinajstić information content (AvgIpc) is 3.58. The number of rotatable bonds is 5. The van der Waals surface area contributed by atoms with E-state index in [0.29, 0.717) is 0 Å². The van der Waals surface area contributed by atoms with E-state index < -0.39 is 0 Å². The number of hydrogen-bond acceptors (Lipinski definition) is 6. The summed E-state index contributed by atoms with van der Waals surface area (Å²) in [5.41, 5.74) is 4.56. The van der Waals surface area contributed by atoms with Crippen molar-refractivity contribution < 1.29 is 4.79 Å². The summed E-state index contributed by atoms with van der Waals surface area (Å²) >= 11 is 1.48. The van der Waals surface area contributed by atoms with Crippen LogP contribution in [-0.2, 0) is 6.54 Å². The highest BCUT2D eigenvalue weighted by molar-refractivity contribution is 7.99. The van der Waals surface area contributed by atoms with Crippen LogP contribution in [0.2, 0.25) is 0 Å². The second kappa shape index (κ2) is 9.58. The molecule has 178 valence electrons. The Kier molecular flexibility index (Phi) is 6.56. The Balaban J connectivity index is 1.25. The van der Waals surface area contributed by atoms with Gasteiger partial charge in [-0.1, -0.05) is 24.1 Å². The smallest absolute Gasteiger partial charge is 0.344 e. The predicted octanol–water partition coefficient (Wildman–Crippen LogP) is 4.58. The van der Waals surface area contributed by atoms with Crippen LogP contribution in [-0.4, -0.2) is 70.1 Å². The molecule has 0 aliphatic carbocycles. The van der Waals surface area contributed by atoms with E-state index >= 15 is 0 Å². The molecule has 0 atom stereocenters. The minimum atomic E-state index is -0.0160. The molecule has 0 radical (unpaired) electrons. The van der Waals surface area contributed by atoms with Crippen LogP contribution in [0.5, 0.6) is 0 Å². The maximum Gasteiger partial charge on any atom is 0.344 e. The third-order valence-corrected chi connectivity index (χ3v) is 8.34. The summed E-state index contributed by atoms with van der Waals surface area (Å²) < 4.78 is 4.55. The Labute approximate surface area is 201 Å². The van der Waals surface area contributed by atoms with Crippen LogP contribution < -0.4 is 9.62 Å². The number of benzene rings is 1. The van der Waals surface area contributed by atoms with Gasteiger partial charge < -0.3 is 14.5 Å². The van der Waals surface area contributed by atoms with Crippen molar-refractivity contribution in [3.8, 4) is 0 Å². The van der Waals surface area contributed by atoms with Crippen LogP contribution in [0.25, 0.3) is 0 Å². The molecular weight excluding hydrogens is 432 g/mol. The largest absolute Gasteiger partial charge is 0.371 e. The molecule has 1 spiro atoms. The summed E-state index contributed by atoms with van der Waals surface area (Å²) in [6, 6.07) is 8.68. The number of carbonyl (C=O) groups is 1. The van der Waals surface area contributed by atoms with Crippen LogP contribution in [0.15, 0.2) is 30.5 Å². The van der Waals surface area contributed by atoms with E-state index in [4.69, 9.17) is 0 Å². The zero-order valence-electron chi connectivity index (χ0n) is 19.9. The highest BCUT2D eigenvalue weighted by Crippen LogP contribution is 2.40. The van der Waals surface area contributed by atoms with Crippen LogP contribution in [0.1, 0.15) is 49.7 Å². The molecule has 7 nitrogen and oxygen atoms in total. The third-order valence-electron chi connectivity index (χ3n) is 7.92. The Morgan fingerprint density at radius 3 is 2.61 bits per heavy atom. The molecular formula is C25H36N6OS. The standard InChI is InChI=1S/C25H36N6OS/c1-20-21(7-5-8-22(20)28-13-3-4-14-28)19-30-15-6-10-25(30)11-17-29(18-12-25)24(32)31-16-9-23(26-31)27-33-2/h5,7-9,16H,3-4,6,10-15,17-19H2,1-2H3,(H,26,27). The van der Waals surface area contributed by atoms with Gasteiger partial charge in [-0.2, -0.15) is 4.68 Å². The van der Waals surface area contributed by atoms with Crippen LogP contribution in [0.3, 0.4) is 0 Å². The molecule has 5 rings (SSSR count). The van der Waals surface area contributed by atoms with E-state index in [9.17, 15) is 4.79 Å². The van der Waals surface area contributed by atoms with Crippen molar-refractivity contribution in [3.63, 3.8) is 0 Å². The molecule has 1 amide bonds. The van der Waals surface area contributed by atoms with Gasteiger partial charge >= 0.3 is 6.03 Å². The molecule has 4 heterocycles. The lowest BCUT2D eigenvalue weighted by Crippen LogP contribution is -2.53. The van der Waals surface area contributed by atoms with E-state index in [-0.39, 0.29) is 11.6 Å². The van der Waals surface area contributed by atoms with Gasteiger partial charge in [-0.25, -0.2) is 4.79 Å². The summed E-state index contributed by atoms with van der Waals surface area (Å²) in [4.78, 5) is 20.2. The second-order valence-electron chi connectivity index (χ2n) is 9.73. The Hall–Kier alpha value is -2.19. The summed E-state index contributed by atoms with van der Waals surface area (Å²) in [6.45, 7) is 8.45. The first-order chi connectivity index (χ1) is 16.1. The van der Waals surface area contributed by atoms with Crippen molar-refractivity contribution in [2.75, 3.05) is 48.6 Å². The van der Waals surface area contributed by atoms with Gasteiger partial charge in [0.05, 0.1) is 0 Å². The summed E-state index contributed by atoms with van der Waals surface area (Å²) in [5.74, 6) is 0.720. The molecule has 3 aliphatic rings. The van der Waals surface area contributed by atoms with Crippen molar-refractivity contribution >= 4 is 29.5 Å². The van der Waals surface area contributed by atoms with Crippen molar-refractivity contribution in [1.29, 1.82) is 0 Å². The maximum absolute atomic E-state index is 13.0. The van der Waals surface area contributed by atoms with Gasteiger partial charge in [-0.3, -0.25) is 4.90 Å². The van der Waals surface area contributed by atoms with Gasteiger partial charge in [0.2, 0.25) is 0 Å². The van der Waals surface area contributed by atoms with Gasteiger partial charge in [0.1, 0.15) is 0 Å². The summed E-state index contributed by atoms with van der Waals surface area (Å²) in [5, 5.41) is 4.36. The number of amides is 1. The number of likely N-dealkylation sites (tertiary alicyclic amines) is 2. The molecule has 0 unspecified atom stereocenters. The number of anilines is 2. The zero-order valence-corrected chi connectivity index (χ0v) is 20.7. The molecule has 0 bridgehead atoms. The monoisotopic (exact) mass is 468 g/mol. The molecule has 2 aromatic rings. The second-order valence-corrected chi connectivity index (χ2v) is 10.3. The first kappa shape index (κ1) is 22.6. The molecule has 1 N–H and O–H groups in total. The molecule has 0 saturated carbocycles. The van der Waals surface area contributed by atoms with E-state index in [2.05, 4.69) is 44.7 Å². The Bertz CT molecular complexity index is 977. The van der Waals surface area contributed by atoms with Crippen LogP contribution >= 0.6 is 11.9 Å². The lowest BCUT2D eigenvalue weighted by atomic mass is 9.84. The lowest BCUT2D eigenvalue weighted by molar-refractivity contribution is 0.0584. The molecule has 3 aliphatic heterocycles. The SMILES string of the molecule is CSNc1ccn(C(=O)N2CCC3(CCCN3Cc3cccc(N4CCCC4)c3C)CC2)n1. The third kappa shape index (κ3) is 4.47. The van der Waals surface area contributed by atoms with Crippen molar-refractivity contribution in [3.05, 3.63) is 41.6 Å². The first-order valence-electron chi connectivity index (χ1n) is 12.3. The number of piperidine rings is 1. The fourth-order valence-electron chi connectivity index (χ4n) is 6.00. The summed E-state index contributed by atoms with van der Waals surface area (Å²) in [6.07, 6.45) is 10.9. The Morgan fingerprint density at radius 1 is 1.06 bits per heavy atom. The number of nitrogens with one attached hydrogen (secondary N) is 1. The minimum Gasteiger partial charge on any atom is -0.371 e. The van der Waals surface area contributed by atoms with Crippen molar-refractivity contribution in [1.82, 2.24) is 19.6 Å². The number of carbonyl (C=O) groups excluding carboxylic acids is 1. The molecule has 33 heavy (non-hydrogen) atoms. The van der Waals surface area contributed by atoms with Gasteiger partial charge in [-0.15, -0.1) is 5.10 Å². The molecule has 1 aromatic heterocycles. The van der Waals surface area contributed by atoms with E-state index in [0.717, 1.165) is 44.8 Å². The van der Waals surface area contributed by atoms with E-state index in [1.807, 2.05) is 17.2 Å². The molecule has 8 heteroatoms. The van der Waals surface area contributed by atoms with Crippen molar-refractivity contribution in [2.45, 2.75) is 57.5 Å². The van der Waals surface area contributed by atoms with Crippen LogP contribution in [0, 0.1) is 6.92 Å². The highest BCUT2D eigenvalue weighted by atomic mass is 32.2. The molecule has 3 saturated heterocycles. The van der Waals surface area contributed by atoms with Gasteiger partial charge in [0.25, 0.3) is 0 Å². The van der Waals surface area contributed by atoms with Crippen LogP contribution in [0.4, 0.5) is 16.3 Å². The normalized spacial score (nSPS) is 20.7. The van der Waals surface area contributed by atoms with Crippen molar-refractivity contribution in [2.24, 2.45) is 0 Å². The fourth-order valence-corrected chi connectivity index (χ4v) is 6.32. The minimum absolute atomic E-state index is 0.0160. The summed E-state index contributed by atoms with van der Waals surface area (Å²) in [7, 11) is 0. The average molecular weight is 469 g/mol. The number of hydrogen-bond donors (Lipinski definition) is 1. The predicted molar refractivity (Wildman–Crippen MR) is 136 cm³/mol. The number of nitrogens with zero attached hydrogens (tertiary/aromatic N) is 5. The van der Waals surface area contributed by atoms with E-state index in [1.54, 1.807) is 6.20 Å². The zero-order chi connectivity index (χ0) is 22.8. The van der Waals surface area contributed by atoms with Gasteiger partial charge in [-0.05, 0) is 69.2 Å². The van der Waals surface area contributed by atoms with Gasteiger partial charge in [0, 0.05) is 62.5 Å². The highest BCUT2D eigenvalue weighted by Gasteiger charge is 2.44. The topological polar surface area (TPSA) is 56.6 Å². The Morgan fingerprint density at radius 2 is 1.85 bits per heavy atom. The van der Waals surface area contributed by atoms with E-state index in [1.165, 1.54) is 72.2 Å². The first-order valence-corrected chi connectivity index (χ1v) is 13.5. The fraction of sp³-hybridized carbons (Fsp3) is 0.600.